The largest absolute Gasteiger partial charge is 0.461 e. The Morgan fingerprint density at radius 2 is 1.34 bits per heavy atom. The lowest BCUT2D eigenvalue weighted by Crippen LogP contribution is -2.54. The zero-order valence-electron chi connectivity index (χ0n) is 29.3. The third kappa shape index (κ3) is 8.01. The summed E-state index contributed by atoms with van der Waals surface area (Å²) in [6.45, 7) is 18.8. The molecule has 0 saturated heterocycles. The Balaban J connectivity index is 1.30. The Morgan fingerprint density at radius 1 is 0.773 bits per heavy atom. The third-order valence-corrected chi connectivity index (χ3v) is 12.3. The van der Waals surface area contributed by atoms with E-state index in [1.54, 1.807) is 0 Å². The van der Waals surface area contributed by atoms with Crippen molar-refractivity contribution in [3.8, 4) is 0 Å². The summed E-state index contributed by atoms with van der Waals surface area (Å²) in [5, 5.41) is 0. The van der Waals surface area contributed by atoms with Gasteiger partial charge in [-0.2, -0.15) is 0 Å². The predicted molar refractivity (Wildman–Crippen MR) is 172 cm³/mol. The number of hydrogen-bond acceptors (Lipinski definition) is 7. The van der Waals surface area contributed by atoms with E-state index in [1.807, 2.05) is 41.5 Å². The number of esters is 3. The van der Waals surface area contributed by atoms with Crippen molar-refractivity contribution in [3.05, 3.63) is 0 Å². The second kappa shape index (κ2) is 13.2. The summed E-state index contributed by atoms with van der Waals surface area (Å²) >= 11 is 0. The molecule has 44 heavy (non-hydrogen) atoms. The molecule has 4 aliphatic carbocycles. The molecule has 0 aromatic heterocycles. The van der Waals surface area contributed by atoms with Gasteiger partial charge in [0.05, 0.1) is 0 Å². The molecule has 0 aliphatic heterocycles. The van der Waals surface area contributed by atoms with Crippen LogP contribution in [0.2, 0.25) is 0 Å². The van der Waals surface area contributed by atoms with Gasteiger partial charge in [0.25, 0.3) is 0 Å². The minimum atomic E-state index is -0.801. The van der Waals surface area contributed by atoms with Crippen LogP contribution in [0, 0.1) is 46.3 Å². The lowest BCUT2D eigenvalue weighted by Gasteiger charge is -2.61. The van der Waals surface area contributed by atoms with Crippen LogP contribution in [0.15, 0.2) is 0 Å². The number of hydrogen-bond donors (Lipinski definition) is 1. The van der Waals surface area contributed by atoms with E-state index in [9.17, 15) is 14.4 Å². The summed E-state index contributed by atoms with van der Waals surface area (Å²) in [5.41, 5.74) is 5.83. The first-order chi connectivity index (χ1) is 20.3. The third-order valence-electron chi connectivity index (χ3n) is 12.3. The van der Waals surface area contributed by atoms with Gasteiger partial charge in [-0.05, 0) is 159 Å². The van der Waals surface area contributed by atoms with E-state index in [1.165, 1.54) is 38.5 Å². The van der Waals surface area contributed by atoms with Gasteiger partial charge in [0.15, 0.2) is 0 Å². The molecule has 252 valence electrons. The molecule has 4 saturated carbocycles. The molecule has 2 N–H and O–H groups in total. The minimum Gasteiger partial charge on any atom is -0.461 e. The Labute approximate surface area is 267 Å². The smallest absolute Gasteiger partial charge is 0.323 e. The molecule has 4 fully saturated rings. The highest BCUT2D eigenvalue weighted by molar-refractivity contribution is 5.77. The maximum atomic E-state index is 12.8. The molecule has 7 heteroatoms. The van der Waals surface area contributed by atoms with Crippen LogP contribution in [0.3, 0.4) is 0 Å². The van der Waals surface area contributed by atoms with Crippen LogP contribution < -0.4 is 5.73 Å². The van der Waals surface area contributed by atoms with Crippen LogP contribution in [0.25, 0.3) is 0 Å². The molecule has 0 aromatic rings. The van der Waals surface area contributed by atoms with E-state index in [-0.39, 0.29) is 36.9 Å². The van der Waals surface area contributed by atoms with E-state index >= 15 is 0 Å². The fraction of sp³-hybridized carbons (Fsp3) is 0.919. The molecular weight excluding hydrogens is 554 g/mol. The monoisotopic (exact) mass is 617 g/mol. The normalized spacial score (nSPS) is 36.7. The van der Waals surface area contributed by atoms with Crippen molar-refractivity contribution in [2.45, 2.75) is 169 Å². The van der Waals surface area contributed by atoms with Crippen LogP contribution in [0.5, 0.6) is 0 Å². The standard InChI is InChI=1S/C37H63NO6/c1-23(10-16-31(39)43-34(2,3)4)27-13-14-28-26-12-11-24-22-25(18-20-36(24,8)29(26)19-21-37(27,28)9)42-33(41)30(38)15-17-32(40)44-35(5,6)7/h23-30H,10-22,38H2,1-9H3/t23-,24-,25+,26+,27?,28+,29+,30?,36+,37-/m1/s1. The van der Waals surface area contributed by atoms with E-state index < -0.39 is 17.2 Å². The molecule has 0 radical (unpaired) electrons. The van der Waals surface area contributed by atoms with Crippen LogP contribution >= 0.6 is 0 Å². The molecule has 10 atom stereocenters. The maximum absolute atomic E-state index is 12.8. The van der Waals surface area contributed by atoms with Gasteiger partial charge in [0, 0.05) is 12.8 Å². The topological polar surface area (TPSA) is 105 Å². The molecule has 0 heterocycles. The quantitative estimate of drug-likeness (QED) is 0.208. The number of fused-ring (bicyclic) bond motifs is 5. The first-order valence-electron chi connectivity index (χ1n) is 17.7. The number of carbonyl (C=O) groups excluding carboxylic acids is 3. The molecule has 4 aliphatic rings. The van der Waals surface area contributed by atoms with Crippen LogP contribution in [0.4, 0.5) is 0 Å². The minimum absolute atomic E-state index is 0.0666. The van der Waals surface area contributed by atoms with Gasteiger partial charge in [0.1, 0.15) is 23.3 Å². The molecule has 0 amide bonds. The van der Waals surface area contributed by atoms with Gasteiger partial charge in [-0.15, -0.1) is 0 Å². The summed E-state index contributed by atoms with van der Waals surface area (Å²) in [6, 6.07) is -0.801. The highest BCUT2D eigenvalue weighted by Crippen LogP contribution is 2.68. The van der Waals surface area contributed by atoms with Crippen molar-refractivity contribution >= 4 is 17.9 Å². The Morgan fingerprint density at radius 3 is 1.95 bits per heavy atom. The first kappa shape index (κ1) is 35.2. The predicted octanol–water partition coefficient (Wildman–Crippen LogP) is 7.76. The highest BCUT2D eigenvalue weighted by atomic mass is 16.6. The van der Waals surface area contributed by atoms with Gasteiger partial charge in [-0.1, -0.05) is 20.8 Å². The second-order valence-corrected chi connectivity index (χ2v) is 17.6. The van der Waals surface area contributed by atoms with Crippen molar-refractivity contribution in [1.29, 1.82) is 0 Å². The zero-order chi connectivity index (χ0) is 32.7. The van der Waals surface area contributed by atoms with Crippen LogP contribution in [0.1, 0.15) is 146 Å². The number of carbonyl (C=O) groups is 3. The van der Waals surface area contributed by atoms with E-state index in [0.29, 0.717) is 35.0 Å². The van der Waals surface area contributed by atoms with Gasteiger partial charge in [-0.3, -0.25) is 14.4 Å². The van der Waals surface area contributed by atoms with E-state index in [2.05, 4.69) is 20.8 Å². The summed E-state index contributed by atoms with van der Waals surface area (Å²) in [6.07, 6.45) is 12.3. The van der Waals surface area contributed by atoms with Crippen molar-refractivity contribution < 1.29 is 28.6 Å². The Bertz CT molecular complexity index is 1040. The average Bonchev–Trinajstić information content (AvgIpc) is 3.26. The van der Waals surface area contributed by atoms with Crippen molar-refractivity contribution in [3.63, 3.8) is 0 Å². The zero-order valence-corrected chi connectivity index (χ0v) is 29.3. The molecule has 0 aromatic carbocycles. The first-order valence-corrected chi connectivity index (χ1v) is 17.7. The van der Waals surface area contributed by atoms with Gasteiger partial charge in [-0.25, -0.2) is 0 Å². The van der Waals surface area contributed by atoms with Gasteiger partial charge in [0.2, 0.25) is 0 Å². The lowest BCUT2D eigenvalue weighted by molar-refractivity contribution is -0.164. The number of nitrogens with two attached hydrogens (primary N) is 1. The fourth-order valence-electron chi connectivity index (χ4n) is 10.3. The number of ether oxygens (including phenoxy) is 3. The maximum Gasteiger partial charge on any atom is 0.323 e. The van der Waals surface area contributed by atoms with Crippen molar-refractivity contribution in [2.75, 3.05) is 0 Å². The van der Waals surface area contributed by atoms with Gasteiger partial charge < -0.3 is 19.9 Å². The van der Waals surface area contributed by atoms with E-state index in [0.717, 1.165) is 43.4 Å². The lowest BCUT2D eigenvalue weighted by atomic mass is 9.44. The fourth-order valence-corrected chi connectivity index (χ4v) is 10.3. The Kier molecular flexibility index (Phi) is 10.6. The van der Waals surface area contributed by atoms with Crippen molar-refractivity contribution in [2.24, 2.45) is 52.1 Å². The Hall–Kier alpha value is -1.63. The second-order valence-electron chi connectivity index (χ2n) is 17.6. The summed E-state index contributed by atoms with van der Waals surface area (Å²) in [4.78, 5) is 37.4. The summed E-state index contributed by atoms with van der Waals surface area (Å²) < 4.78 is 16.9. The highest BCUT2D eigenvalue weighted by Gasteiger charge is 2.60. The van der Waals surface area contributed by atoms with E-state index in [4.69, 9.17) is 19.9 Å². The molecule has 0 spiro atoms. The van der Waals surface area contributed by atoms with Crippen molar-refractivity contribution in [1.82, 2.24) is 0 Å². The molecule has 2 unspecified atom stereocenters. The average molecular weight is 618 g/mol. The van der Waals surface area contributed by atoms with Crippen LogP contribution in [-0.4, -0.2) is 41.3 Å². The summed E-state index contributed by atoms with van der Waals surface area (Å²) in [5.74, 6) is 3.27. The SMILES string of the molecule is C[C@H](CCC(=O)OC(C)(C)C)C1CC[C@H]2[C@@H]3CC[C@@H]4C[C@@H](OC(=O)C(N)CCC(=O)OC(C)(C)C)CC[C@]4(C)[C@H]3CC[C@]12C. The summed E-state index contributed by atoms with van der Waals surface area (Å²) in [7, 11) is 0. The van der Waals surface area contributed by atoms with Gasteiger partial charge >= 0.3 is 17.9 Å². The molecule has 4 rings (SSSR count). The molecule has 0 bridgehead atoms. The molecular formula is C37H63NO6. The number of rotatable bonds is 9. The van der Waals surface area contributed by atoms with Crippen LogP contribution in [-0.2, 0) is 28.6 Å². The molecule has 7 nitrogen and oxygen atoms in total.